The van der Waals surface area contributed by atoms with Gasteiger partial charge in [0.25, 0.3) is 11.5 Å². The van der Waals surface area contributed by atoms with E-state index in [1.54, 1.807) is 12.3 Å². The molecule has 2 atom stereocenters. The van der Waals surface area contributed by atoms with Gasteiger partial charge in [-0.2, -0.15) is 4.98 Å². The van der Waals surface area contributed by atoms with Crippen LogP contribution in [-0.4, -0.2) is 49.4 Å². The molecule has 4 rings (SSSR count). The van der Waals surface area contributed by atoms with Crippen LogP contribution in [0.15, 0.2) is 23.1 Å². The first-order valence-corrected chi connectivity index (χ1v) is 10.2. The number of likely N-dealkylation sites (tertiary alicyclic amines) is 1. The highest BCUT2D eigenvalue weighted by Gasteiger charge is 2.33. The molecule has 1 aliphatic rings. The number of hydrogen-bond donors (Lipinski definition) is 4. The second kappa shape index (κ2) is 7.36. The second-order valence-electron chi connectivity index (χ2n) is 7.19. The smallest absolute Gasteiger partial charge is 0.326 e. The number of piperidine rings is 1. The quantitative estimate of drug-likeness (QED) is 0.513. The summed E-state index contributed by atoms with van der Waals surface area (Å²) in [6.07, 6.45) is 3.81. The lowest BCUT2D eigenvalue weighted by Gasteiger charge is -2.32. The Morgan fingerprint density at radius 3 is 2.93 bits per heavy atom. The van der Waals surface area contributed by atoms with Crippen molar-refractivity contribution in [3.63, 3.8) is 0 Å². The molecule has 5 N–H and O–H groups in total. The fourth-order valence-corrected chi connectivity index (χ4v) is 4.88. The number of amides is 1. The summed E-state index contributed by atoms with van der Waals surface area (Å²) >= 11 is 1.32. The summed E-state index contributed by atoms with van der Waals surface area (Å²) in [5.41, 5.74) is 6.45. The Labute approximate surface area is 169 Å². The van der Waals surface area contributed by atoms with E-state index in [-0.39, 0.29) is 23.3 Å². The van der Waals surface area contributed by atoms with Crippen molar-refractivity contribution in [2.45, 2.75) is 38.1 Å². The number of hydrogen-bond acceptors (Lipinski definition) is 6. The van der Waals surface area contributed by atoms with Crippen molar-refractivity contribution in [3.8, 4) is 0 Å². The number of H-pyrrole nitrogens is 2. The van der Waals surface area contributed by atoms with Gasteiger partial charge in [-0.3, -0.25) is 14.6 Å². The Hall–Kier alpha value is -3.14. The molecule has 0 saturated carbocycles. The van der Waals surface area contributed by atoms with E-state index in [9.17, 15) is 19.5 Å². The van der Waals surface area contributed by atoms with Crippen LogP contribution in [0.25, 0.3) is 11.0 Å². The summed E-state index contributed by atoms with van der Waals surface area (Å²) in [5, 5.41) is 9.87. The first-order chi connectivity index (χ1) is 13.9. The maximum atomic E-state index is 12.9. The maximum Gasteiger partial charge on any atom is 0.326 e. The fourth-order valence-electron chi connectivity index (χ4n) is 3.85. The average molecular weight is 415 g/mol. The molecule has 1 fully saturated rings. The number of carbonyl (C=O) groups is 2. The minimum absolute atomic E-state index is 0.0436. The molecule has 9 nitrogen and oxygen atoms in total. The maximum absolute atomic E-state index is 12.9. The van der Waals surface area contributed by atoms with Gasteiger partial charge in [0.05, 0.1) is 10.3 Å². The molecule has 0 aliphatic carbocycles. The van der Waals surface area contributed by atoms with Crippen molar-refractivity contribution >= 4 is 40.2 Å². The molecule has 3 aromatic heterocycles. The van der Waals surface area contributed by atoms with Crippen molar-refractivity contribution in [3.05, 3.63) is 44.0 Å². The van der Waals surface area contributed by atoms with Crippen LogP contribution in [0.1, 0.15) is 52.2 Å². The summed E-state index contributed by atoms with van der Waals surface area (Å²) < 4.78 is 0. The molecule has 0 spiro atoms. The summed E-state index contributed by atoms with van der Waals surface area (Å²) in [6.45, 7) is 2.39. The molecule has 1 aliphatic heterocycles. The van der Waals surface area contributed by atoms with Gasteiger partial charge in [-0.25, -0.2) is 4.79 Å². The number of aromatic nitrogens is 3. The van der Waals surface area contributed by atoms with E-state index in [1.165, 1.54) is 16.2 Å². The van der Waals surface area contributed by atoms with E-state index >= 15 is 0 Å². The Balaban J connectivity index is 1.63. The minimum Gasteiger partial charge on any atom is -0.480 e. The van der Waals surface area contributed by atoms with Crippen LogP contribution in [0.4, 0.5) is 5.95 Å². The molecule has 0 aromatic carbocycles. The van der Waals surface area contributed by atoms with E-state index in [1.807, 2.05) is 13.0 Å². The lowest BCUT2D eigenvalue weighted by Crippen LogP contribution is -2.47. The summed E-state index contributed by atoms with van der Waals surface area (Å²) in [4.78, 5) is 49.2. The van der Waals surface area contributed by atoms with Crippen molar-refractivity contribution in [2.75, 3.05) is 12.3 Å². The third-order valence-electron chi connectivity index (χ3n) is 5.37. The molecular formula is C19H21N5O4S. The number of nitrogens with one attached hydrogen (secondary N) is 2. The van der Waals surface area contributed by atoms with Gasteiger partial charge in [0.1, 0.15) is 11.7 Å². The van der Waals surface area contributed by atoms with Gasteiger partial charge in [0, 0.05) is 23.5 Å². The molecular weight excluding hydrogens is 394 g/mol. The predicted octanol–water partition coefficient (Wildman–Crippen LogP) is 2.13. The number of thiophene rings is 1. The monoisotopic (exact) mass is 415 g/mol. The van der Waals surface area contributed by atoms with Crippen LogP contribution in [-0.2, 0) is 4.79 Å². The van der Waals surface area contributed by atoms with E-state index in [0.29, 0.717) is 28.9 Å². The van der Waals surface area contributed by atoms with Crippen molar-refractivity contribution in [1.82, 2.24) is 19.9 Å². The van der Waals surface area contributed by atoms with Crippen LogP contribution in [0, 0.1) is 0 Å². The number of nitrogen functional groups attached to an aromatic ring is 1. The van der Waals surface area contributed by atoms with Crippen molar-refractivity contribution in [2.24, 2.45) is 0 Å². The van der Waals surface area contributed by atoms with E-state index in [2.05, 4.69) is 15.0 Å². The molecule has 0 bridgehead atoms. The first kappa shape index (κ1) is 19.2. The van der Waals surface area contributed by atoms with E-state index < -0.39 is 12.0 Å². The molecule has 3 aromatic rings. The summed E-state index contributed by atoms with van der Waals surface area (Å²) in [7, 11) is 0. The lowest BCUT2D eigenvalue weighted by molar-refractivity contribution is -0.143. The molecule has 152 valence electrons. The van der Waals surface area contributed by atoms with Gasteiger partial charge in [-0.15, -0.1) is 11.3 Å². The topological polar surface area (TPSA) is 145 Å². The Morgan fingerprint density at radius 2 is 2.17 bits per heavy atom. The summed E-state index contributed by atoms with van der Waals surface area (Å²) in [6, 6.07) is 2.80. The van der Waals surface area contributed by atoms with Crippen LogP contribution in [0.3, 0.4) is 0 Å². The van der Waals surface area contributed by atoms with Gasteiger partial charge in [-0.1, -0.05) is 6.92 Å². The van der Waals surface area contributed by atoms with E-state index in [4.69, 9.17) is 5.73 Å². The predicted molar refractivity (Wildman–Crippen MR) is 109 cm³/mol. The molecule has 1 saturated heterocycles. The highest BCUT2D eigenvalue weighted by Crippen LogP contribution is 2.34. The number of nitrogens with two attached hydrogens (primary N) is 1. The Kier molecular flexibility index (Phi) is 4.87. The summed E-state index contributed by atoms with van der Waals surface area (Å²) in [5.74, 6) is -1.33. The number of aromatic amines is 2. The van der Waals surface area contributed by atoms with Crippen LogP contribution in [0.2, 0.25) is 0 Å². The Morgan fingerprint density at radius 1 is 1.38 bits per heavy atom. The molecule has 2 unspecified atom stereocenters. The number of rotatable bonds is 4. The highest BCUT2D eigenvalue weighted by atomic mass is 32.1. The fraction of sp³-hybridized carbons (Fsp3) is 0.368. The first-order valence-electron chi connectivity index (χ1n) is 9.37. The Bertz CT molecular complexity index is 1150. The second-order valence-corrected chi connectivity index (χ2v) is 8.31. The number of anilines is 1. The number of aliphatic carboxylic acids is 1. The largest absolute Gasteiger partial charge is 0.480 e. The normalized spacial score (nSPS) is 18.1. The van der Waals surface area contributed by atoms with Crippen molar-refractivity contribution in [1.29, 1.82) is 0 Å². The molecule has 29 heavy (non-hydrogen) atoms. The zero-order valence-electron chi connectivity index (χ0n) is 15.8. The average Bonchev–Trinajstić information content (AvgIpc) is 3.34. The third-order valence-corrected chi connectivity index (χ3v) is 6.63. The van der Waals surface area contributed by atoms with Gasteiger partial charge in [0.2, 0.25) is 5.95 Å². The third kappa shape index (κ3) is 3.39. The molecule has 10 heteroatoms. The molecule has 4 heterocycles. The van der Waals surface area contributed by atoms with Crippen LogP contribution in [0.5, 0.6) is 0 Å². The van der Waals surface area contributed by atoms with Crippen LogP contribution >= 0.6 is 11.3 Å². The SMILES string of the molecule is CC(c1ccc(C(=O)N2CCCCC2C(=O)O)s1)c1c[nH]c2nc(N)[nH]c(=O)c12. The van der Waals surface area contributed by atoms with Gasteiger partial charge in [0.15, 0.2) is 0 Å². The number of carbonyl (C=O) groups excluding carboxylic acids is 1. The number of fused-ring (bicyclic) bond motifs is 1. The zero-order valence-corrected chi connectivity index (χ0v) is 16.6. The molecule has 1 amide bonds. The van der Waals surface area contributed by atoms with Crippen molar-refractivity contribution < 1.29 is 14.7 Å². The van der Waals surface area contributed by atoms with E-state index in [0.717, 1.165) is 23.3 Å². The highest BCUT2D eigenvalue weighted by molar-refractivity contribution is 7.14. The lowest BCUT2D eigenvalue weighted by atomic mass is 10.0. The number of carboxylic acid groups (broad SMARTS) is 1. The van der Waals surface area contributed by atoms with Crippen LogP contribution < -0.4 is 11.3 Å². The zero-order chi connectivity index (χ0) is 20.7. The standard InChI is InChI=1S/C19H21N5O4S/c1-9(10-8-21-15-14(10)16(25)23-19(20)22-15)12-5-6-13(29-12)17(26)24-7-3-2-4-11(24)18(27)28/h5-6,8-9,11H,2-4,7H2,1H3,(H,27,28)(H4,20,21,22,23,25). The number of carboxylic acids is 1. The van der Waals surface area contributed by atoms with Gasteiger partial charge in [-0.05, 0) is 37.0 Å². The minimum atomic E-state index is -0.965. The van der Waals surface area contributed by atoms with Gasteiger partial charge < -0.3 is 20.7 Å². The molecule has 0 radical (unpaired) electrons. The van der Waals surface area contributed by atoms with Gasteiger partial charge >= 0.3 is 5.97 Å². The number of nitrogens with zero attached hydrogens (tertiary/aromatic N) is 2.